The minimum atomic E-state index is 0.336. The fraction of sp³-hybridized carbons (Fsp3) is 0.438. The summed E-state index contributed by atoms with van der Waals surface area (Å²) in [6.07, 6.45) is 6.92. The van der Waals surface area contributed by atoms with E-state index >= 15 is 0 Å². The number of ether oxygens (including phenoxy) is 1. The van der Waals surface area contributed by atoms with E-state index < -0.39 is 0 Å². The molecule has 0 radical (unpaired) electrons. The maximum atomic E-state index is 6.30. The SMILES string of the molecule is Cc1ccc(-c2cn[nH]c2N)c(OC2CCCC2)c1C. The number of aromatic amines is 1. The van der Waals surface area contributed by atoms with Crippen LogP contribution in [0.3, 0.4) is 0 Å². The van der Waals surface area contributed by atoms with Crippen LogP contribution in [0.5, 0.6) is 5.75 Å². The average Bonchev–Trinajstić information content (AvgIpc) is 3.07. The smallest absolute Gasteiger partial charge is 0.130 e. The number of aryl methyl sites for hydroxylation is 1. The summed E-state index contributed by atoms with van der Waals surface area (Å²) in [7, 11) is 0. The van der Waals surface area contributed by atoms with Crippen LogP contribution in [0.4, 0.5) is 5.82 Å². The third-order valence-electron chi connectivity index (χ3n) is 4.22. The Morgan fingerprint density at radius 2 is 1.95 bits per heavy atom. The molecule has 3 N–H and O–H groups in total. The van der Waals surface area contributed by atoms with E-state index in [-0.39, 0.29) is 0 Å². The lowest BCUT2D eigenvalue weighted by Crippen LogP contribution is -2.13. The largest absolute Gasteiger partial charge is 0.489 e. The summed E-state index contributed by atoms with van der Waals surface area (Å²) in [5.41, 5.74) is 10.3. The second-order valence-corrected chi connectivity index (χ2v) is 5.61. The summed E-state index contributed by atoms with van der Waals surface area (Å²) in [4.78, 5) is 0. The van der Waals surface area contributed by atoms with Gasteiger partial charge in [0.2, 0.25) is 0 Å². The maximum Gasteiger partial charge on any atom is 0.130 e. The van der Waals surface area contributed by atoms with Gasteiger partial charge in [0.05, 0.1) is 12.3 Å². The third-order valence-corrected chi connectivity index (χ3v) is 4.22. The van der Waals surface area contributed by atoms with Crippen LogP contribution in [-0.2, 0) is 0 Å². The van der Waals surface area contributed by atoms with E-state index in [2.05, 4.69) is 36.2 Å². The van der Waals surface area contributed by atoms with Crippen LogP contribution in [-0.4, -0.2) is 16.3 Å². The topological polar surface area (TPSA) is 63.9 Å². The molecule has 0 unspecified atom stereocenters. The van der Waals surface area contributed by atoms with E-state index in [9.17, 15) is 0 Å². The number of H-pyrrole nitrogens is 1. The average molecular weight is 271 g/mol. The van der Waals surface area contributed by atoms with Crippen molar-refractivity contribution in [3.8, 4) is 16.9 Å². The number of nitrogens with two attached hydrogens (primary N) is 1. The Kier molecular flexibility index (Phi) is 3.38. The summed E-state index contributed by atoms with van der Waals surface area (Å²) < 4.78 is 6.30. The molecule has 1 heterocycles. The summed E-state index contributed by atoms with van der Waals surface area (Å²) >= 11 is 0. The molecule has 0 saturated heterocycles. The summed E-state index contributed by atoms with van der Waals surface area (Å²) in [5.74, 6) is 1.55. The third kappa shape index (κ3) is 2.26. The molecule has 1 saturated carbocycles. The fourth-order valence-corrected chi connectivity index (χ4v) is 2.84. The van der Waals surface area contributed by atoms with Gasteiger partial charge < -0.3 is 10.5 Å². The van der Waals surface area contributed by atoms with Crippen LogP contribution in [0.1, 0.15) is 36.8 Å². The molecule has 1 aliphatic carbocycles. The number of benzene rings is 1. The fourth-order valence-electron chi connectivity index (χ4n) is 2.84. The van der Waals surface area contributed by atoms with Gasteiger partial charge >= 0.3 is 0 Å². The molecule has 4 nitrogen and oxygen atoms in total. The first-order valence-corrected chi connectivity index (χ1v) is 7.23. The molecule has 4 heteroatoms. The van der Waals surface area contributed by atoms with Crippen LogP contribution in [0.25, 0.3) is 11.1 Å². The van der Waals surface area contributed by atoms with Crippen molar-refractivity contribution in [2.24, 2.45) is 0 Å². The van der Waals surface area contributed by atoms with Gasteiger partial charge in [-0.15, -0.1) is 0 Å². The van der Waals surface area contributed by atoms with Crippen molar-refractivity contribution in [1.29, 1.82) is 0 Å². The first kappa shape index (κ1) is 13.0. The normalized spacial score (nSPS) is 15.7. The van der Waals surface area contributed by atoms with Crippen molar-refractivity contribution >= 4 is 5.82 Å². The molecule has 0 aliphatic heterocycles. The molecule has 1 aliphatic rings. The molecule has 20 heavy (non-hydrogen) atoms. The first-order valence-electron chi connectivity index (χ1n) is 7.23. The number of anilines is 1. The highest BCUT2D eigenvalue weighted by molar-refractivity contribution is 5.79. The van der Waals surface area contributed by atoms with Gasteiger partial charge in [-0.2, -0.15) is 5.10 Å². The summed E-state index contributed by atoms with van der Waals surface area (Å²) in [6.45, 7) is 4.22. The van der Waals surface area contributed by atoms with Gasteiger partial charge in [-0.25, -0.2) is 0 Å². The standard InChI is InChI=1S/C16H21N3O/c1-10-7-8-13(14-9-18-19-16(14)17)15(11(10)2)20-12-5-3-4-6-12/h7-9,12H,3-6H2,1-2H3,(H3,17,18,19). The van der Waals surface area contributed by atoms with Gasteiger partial charge in [0.15, 0.2) is 0 Å². The number of hydrogen-bond donors (Lipinski definition) is 2. The molecule has 1 aromatic heterocycles. The Labute approximate surface area is 119 Å². The van der Waals surface area contributed by atoms with Crippen molar-refractivity contribution in [2.75, 3.05) is 5.73 Å². The number of aromatic nitrogens is 2. The number of rotatable bonds is 3. The van der Waals surface area contributed by atoms with Crippen molar-refractivity contribution in [2.45, 2.75) is 45.6 Å². The lowest BCUT2D eigenvalue weighted by Gasteiger charge is -2.20. The highest BCUT2D eigenvalue weighted by Crippen LogP contribution is 2.38. The highest BCUT2D eigenvalue weighted by Gasteiger charge is 2.21. The Balaban J connectivity index is 2.05. The van der Waals surface area contributed by atoms with Crippen molar-refractivity contribution in [1.82, 2.24) is 10.2 Å². The van der Waals surface area contributed by atoms with Crippen LogP contribution in [0.15, 0.2) is 18.3 Å². The van der Waals surface area contributed by atoms with Gasteiger partial charge in [-0.05, 0) is 50.7 Å². The quantitative estimate of drug-likeness (QED) is 0.896. The lowest BCUT2D eigenvalue weighted by atomic mass is 10.00. The number of nitrogen functional groups attached to an aromatic ring is 1. The zero-order valence-electron chi connectivity index (χ0n) is 12.1. The zero-order valence-corrected chi connectivity index (χ0v) is 12.1. The van der Waals surface area contributed by atoms with Gasteiger partial charge in [0, 0.05) is 11.1 Å². The van der Waals surface area contributed by atoms with E-state index in [4.69, 9.17) is 10.5 Å². The Hall–Kier alpha value is -1.97. The minimum Gasteiger partial charge on any atom is -0.489 e. The predicted octanol–water partition coefficient (Wildman–Crippen LogP) is 3.60. The van der Waals surface area contributed by atoms with Gasteiger partial charge in [0.25, 0.3) is 0 Å². The van der Waals surface area contributed by atoms with Crippen LogP contribution in [0, 0.1) is 13.8 Å². The second-order valence-electron chi connectivity index (χ2n) is 5.61. The monoisotopic (exact) mass is 271 g/mol. The molecule has 1 fully saturated rings. The molecular weight excluding hydrogens is 250 g/mol. The van der Waals surface area contributed by atoms with Gasteiger partial charge in [0.1, 0.15) is 11.6 Å². The van der Waals surface area contributed by atoms with Crippen LogP contribution in [0.2, 0.25) is 0 Å². The van der Waals surface area contributed by atoms with Gasteiger partial charge in [-0.1, -0.05) is 12.1 Å². The Bertz CT molecular complexity index is 612. The lowest BCUT2D eigenvalue weighted by molar-refractivity contribution is 0.209. The maximum absolute atomic E-state index is 6.30. The molecule has 1 aromatic carbocycles. The molecule has 106 valence electrons. The van der Waals surface area contributed by atoms with Crippen LogP contribution < -0.4 is 10.5 Å². The predicted molar refractivity (Wildman–Crippen MR) is 80.8 cm³/mol. The van der Waals surface area contributed by atoms with Crippen molar-refractivity contribution in [3.05, 3.63) is 29.5 Å². The molecular formula is C16H21N3O. The second kappa shape index (κ2) is 5.19. The molecule has 3 rings (SSSR count). The van der Waals surface area contributed by atoms with E-state index in [1.807, 2.05) is 0 Å². The van der Waals surface area contributed by atoms with Crippen molar-refractivity contribution < 1.29 is 4.74 Å². The van der Waals surface area contributed by atoms with E-state index in [1.165, 1.54) is 24.0 Å². The molecule has 0 amide bonds. The summed E-state index contributed by atoms with van der Waals surface area (Å²) in [5, 5.41) is 6.81. The number of hydrogen-bond acceptors (Lipinski definition) is 3. The minimum absolute atomic E-state index is 0.336. The van der Waals surface area contributed by atoms with E-state index in [0.717, 1.165) is 29.7 Å². The Morgan fingerprint density at radius 3 is 2.60 bits per heavy atom. The zero-order chi connectivity index (χ0) is 14.1. The molecule has 0 atom stereocenters. The van der Waals surface area contributed by atoms with Crippen molar-refractivity contribution in [3.63, 3.8) is 0 Å². The van der Waals surface area contributed by atoms with Crippen LogP contribution >= 0.6 is 0 Å². The molecule has 2 aromatic rings. The molecule has 0 spiro atoms. The highest BCUT2D eigenvalue weighted by atomic mass is 16.5. The van der Waals surface area contributed by atoms with Gasteiger partial charge in [-0.3, -0.25) is 5.10 Å². The number of nitrogens with one attached hydrogen (secondary N) is 1. The first-order chi connectivity index (χ1) is 9.66. The Morgan fingerprint density at radius 1 is 1.20 bits per heavy atom. The van der Waals surface area contributed by atoms with E-state index in [0.29, 0.717) is 11.9 Å². The summed E-state index contributed by atoms with van der Waals surface area (Å²) in [6, 6.07) is 4.19. The van der Waals surface area contributed by atoms with E-state index in [1.54, 1.807) is 6.20 Å². The number of nitrogens with zero attached hydrogens (tertiary/aromatic N) is 1. The molecule has 0 bridgehead atoms.